The Morgan fingerprint density at radius 3 is 2.75 bits per heavy atom. The number of anilines is 1. The van der Waals surface area contributed by atoms with Crippen molar-refractivity contribution in [2.24, 2.45) is 0 Å². The highest BCUT2D eigenvalue weighted by molar-refractivity contribution is 6.30. The molecule has 1 aromatic carbocycles. The first-order chi connectivity index (χ1) is 11.6. The molecule has 0 unspecified atom stereocenters. The van der Waals surface area contributed by atoms with E-state index in [0.717, 1.165) is 37.2 Å². The second kappa shape index (κ2) is 6.98. The molecule has 0 bridgehead atoms. The van der Waals surface area contributed by atoms with Crippen molar-refractivity contribution in [3.63, 3.8) is 0 Å². The predicted molar refractivity (Wildman–Crippen MR) is 92.3 cm³/mol. The molecule has 5 nitrogen and oxygen atoms in total. The average molecular weight is 344 g/mol. The number of halogens is 1. The fraction of sp³-hybridized carbons (Fsp3) is 0.333. The molecule has 0 radical (unpaired) electrons. The van der Waals surface area contributed by atoms with Gasteiger partial charge in [-0.15, -0.1) is 0 Å². The molecule has 1 amide bonds. The smallest absolute Gasteiger partial charge is 0.287 e. The van der Waals surface area contributed by atoms with Gasteiger partial charge in [-0.05, 0) is 44.0 Å². The molecule has 24 heavy (non-hydrogen) atoms. The van der Waals surface area contributed by atoms with Gasteiger partial charge < -0.3 is 14.6 Å². The molecule has 0 aliphatic carbocycles. The van der Waals surface area contributed by atoms with Crippen molar-refractivity contribution < 1.29 is 9.21 Å². The van der Waals surface area contributed by atoms with Crippen molar-refractivity contribution >= 4 is 23.2 Å². The van der Waals surface area contributed by atoms with Crippen LogP contribution in [-0.4, -0.2) is 25.0 Å². The van der Waals surface area contributed by atoms with Gasteiger partial charge in [-0.25, -0.2) is 0 Å². The van der Waals surface area contributed by atoms with Gasteiger partial charge in [-0.2, -0.15) is 5.26 Å². The minimum absolute atomic E-state index is 0.107. The van der Waals surface area contributed by atoms with Crippen LogP contribution in [0.1, 0.15) is 34.5 Å². The number of carbonyl (C=O) groups excluding carboxylic acids is 1. The minimum Gasteiger partial charge on any atom is -0.459 e. The average Bonchev–Trinajstić information content (AvgIpc) is 3.02. The van der Waals surface area contributed by atoms with E-state index in [-0.39, 0.29) is 11.9 Å². The van der Waals surface area contributed by atoms with Crippen molar-refractivity contribution in [1.82, 2.24) is 5.32 Å². The number of nitriles is 1. The molecule has 0 atom stereocenters. The molecular formula is C18H18ClN3O2. The summed E-state index contributed by atoms with van der Waals surface area (Å²) in [7, 11) is 0. The molecule has 2 aromatic rings. The second-order valence-corrected chi connectivity index (χ2v) is 6.38. The Bertz CT molecular complexity index is 786. The minimum atomic E-state index is -0.167. The van der Waals surface area contributed by atoms with Gasteiger partial charge in [0.15, 0.2) is 5.76 Å². The van der Waals surface area contributed by atoms with Crippen LogP contribution < -0.4 is 10.2 Å². The van der Waals surface area contributed by atoms with Gasteiger partial charge in [0.2, 0.25) is 0 Å². The van der Waals surface area contributed by atoms with Crippen molar-refractivity contribution in [3.8, 4) is 6.07 Å². The van der Waals surface area contributed by atoms with E-state index in [1.807, 2.05) is 13.0 Å². The Morgan fingerprint density at radius 1 is 1.38 bits per heavy atom. The monoisotopic (exact) mass is 343 g/mol. The Balaban J connectivity index is 1.61. The Hall–Kier alpha value is -2.45. The first-order valence-corrected chi connectivity index (χ1v) is 8.26. The zero-order valence-electron chi connectivity index (χ0n) is 13.4. The number of hydrogen-bond donors (Lipinski definition) is 1. The summed E-state index contributed by atoms with van der Waals surface area (Å²) in [4.78, 5) is 14.4. The Kier molecular flexibility index (Phi) is 4.77. The molecular weight excluding hydrogens is 326 g/mol. The lowest BCUT2D eigenvalue weighted by Crippen LogP contribution is -2.45. The van der Waals surface area contributed by atoms with Crippen molar-refractivity contribution in [3.05, 3.63) is 52.4 Å². The van der Waals surface area contributed by atoms with Gasteiger partial charge in [0.25, 0.3) is 5.91 Å². The first kappa shape index (κ1) is 16.4. The summed E-state index contributed by atoms with van der Waals surface area (Å²) in [6.45, 7) is 3.40. The third-order valence-electron chi connectivity index (χ3n) is 4.32. The Morgan fingerprint density at radius 2 is 2.12 bits per heavy atom. The number of nitrogens with zero attached hydrogens (tertiary/aromatic N) is 2. The summed E-state index contributed by atoms with van der Waals surface area (Å²) in [5.41, 5.74) is 2.31. The van der Waals surface area contributed by atoms with Gasteiger partial charge in [-0.1, -0.05) is 11.6 Å². The van der Waals surface area contributed by atoms with Crippen LogP contribution in [0.15, 0.2) is 34.9 Å². The Labute approximate surface area is 145 Å². The summed E-state index contributed by atoms with van der Waals surface area (Å²) >= 11 is 5.95. The van der Waals surface area contributed by atoms with E-state index in [1.165, 1.54) is 6.26 Å². The zero-order valence-corrected chi connectivity index (χ0v) is 14.1. The standard InChI is InChI=1S/C18H18ClN3O2/c1-12-6-9-24-17(12)18(23)21-15-4-7-22(8-5-15)16-3-2-14(19)10-13(16)11-20/h2-3,6,9-10,15H,4-5,7-8H2,1H3,(H,21,23). The molecule has 1 fully saturated rings. The maximum atomic E-state index is 12.2. The predicted octanol–water partition coefficient (Wildman–Crippen LogP) is 3.51. The molecule has 6 heteroatoms. The highest BCUT2D eigenvalue weighted by Crippen LogP contribution is 2.26. The van der Waals surface area contributed by atoms with E-state index in [0.29, 0.717) is 16.3 Å². The van der Waals surface area contributed by atoms with Crippen LogP contribution in [0.25, 0.3) is 0 Å². The molecule has 0 saturated carbocycles. The fourth-order valence-corrected chi connectivity index (χ4v) is 3.17. The lowest BCUT2D eigenvalue weighted by Gasteiger charge is -2.34. The molecule has 1 saturated heterocycles. The number of rotatable bonds is 3. The number of carbonyl (C=O) groups is 1. The molecule has 1 aromatic heterocycles. The third-order valence-corrected chi connectivity index (χ3v) is 4.55. The lowest BCUT2D eigenvalue weighted by atomic mass is 10.0. The number of benzene rings is 1. The van der Waals surface area contributed by atoms with Crippen molar-refractivity contribution in [2.75, 3.05) is 18.0 Å². The highest BCUT2D eigenvalue weighted by atomic mass is 35.5. The number of furan rings is 1. The molecule has 2 heterocycles. The van der Waals surface area contributed by atoms with E-state index in [2.05, 4.69) is 16.3 Å². The van der Waals surface area contributed by atoms with Gasteiger partial charge in [-0.3, -0.25) is 4.79 Å². The zero-order chi connectivity index (χ0) is 17.1. The van der Waals surface area contributed by atoms with Gasteiger partial charge in [0, 0.05) is 29.7 Å². The number of aryl methyl sites for hydroxylation is 1. The number of piperidine rings is 1. The SMILES string of the molecule is Cc1ccoc1C(=O)NC1CCN(c2ccc(Cl)cc2C#N)CC1. The van der Waals surface area contributed by atoms with Crippen LogP contribution in [-0.2, 0) is 0 Å². The quantitative estimate of drug-likeness (QED) is 0.925. The summed E-state index contributed by atoms with van der Waals surface area (Å²) in [6, 6.07) is 9.44. The molecule has 1 aliphatic heterocycles. The van der Waals surface area contributed by atoms with Gasteiger partial charge >= 0.3 is 0 Å². The first-order valence-electron chi connectivity index (χ1n) is 7.88. The molecule has 124 valence electrons. The summed E-state index contributed by atoms with van der Waals surface area (Å²) in [6.07, 6.45) is 3.16. The maximum Gasteiger partial charge on any atom is 0.287 e. The molecule has 3 rings (SSSR count). The number of nitrogens with one attached hydrogen (secondary N) is 1. The van der Waals surface area contributed by atoms with Crippen molar-refractivity contribution in [1.29, 1.82) is 5.26 Å². The molecule has 0 spiro atoms. The van der Waals surface area contributed by atoms with E-state index in [9.17, 15) is 10.1 Å². The van der Waals surface area contributed by atoms with Crippen LogP contribution in [0.2, 0.25) is 5.02 Å². The summed E-state index contributed by atoms with van der Waals surface area (Å²) in [5.74, 6) is 0.210. The molecule has 1 aliphatic rings. The topological polar surface area (TPSA) is 69.3 Å². The van der Waals surface area contributed by atoms with Gasteiger partial charge in [0.05, 0.1) is 17.5 Å². The third kappa shape index (κ3) is 3.39. The van der Waals surface area contributed by atoms with Crippen LogP contribution in [0.4, 0.5) is 5.69 Å². The van der Waals surface area contributed by atoms with Gasteiger partial charge in [0.1, 0.15) is 6.07 Å². The highest BCUT2D eigenvalue weighted by Gasteiger charge is 2.24. The van der Waals surface area contributed by atoms with E-state index in [4.69, 9.17) is 16.0 Å². The van der Waals surface area contributed by atoms with E-state index < -0.39 is 0 Å². The lowest BCUT2D eigenvalue weighted by molar-refractivity contribution is 0.0902. The maximum absolute atomic E-state index is 12.2. The van der Waals surface area contributed by atoms with Crippen LogP contribution in [0.5, 0.6) is 0 Å². The van der Waals surface area contributed by atoms with Crippen LogP contribution in [0, 0.1) is 18.3 Å². The molecule has 1 N–H and O–H groups in total. The normalized spacial score (nSPS) is 15.1. The fourth-order valence-electron chi connectivity index (χ4n) is 2.99. The van der Waals surface area contributed by atoms with Crippen LogP contribution >= 0.6 is 11.6 Å². The number of amides is 1. The van der Waals surface area contributed by atoms with Crippen LogP contribution in [0.3, 0.4) is 0 Å². The largest absolute Gasteiger partial charge is 0.459 e. The summed E-state index contributed by atoms with van der Waals surface area (Å²) in [5, 5.41) is 12.9. The number of hydrogen-bond acceptors (Lipinski definition) is 4. The van der Waals surface area contributed by atoms with Crippen molar-refractivity contribution in [2.45, 2.75) is 25.8 Å². The summed E-state index contributed by atoms with van der Waals surface area (Å²) < 4.78 is 5.23. The second-order valence-electron chi connectivity index (χ2n) is 5.94. The van der Waals surface area contributed by atoms with E-state index >= 15 is 0 Å². The van der Waals surface area contributed by atoms with E-state index in [1.54, 1.807) is 18.2 Å².